The Hall–Kier alpha value is -3.82. The lowest BCUT2D eigenvalue weighted by Crippen LogP contribution is -2.23. The second kappa shape index (κ2) is 9.12. The Morgan fingerprint density at radius 1 is 1.27 bits per heavy atom. The smallest absolute Gasteiger partial charge is 0.290 e. The molecule has 10 nitrogen and oxygen atoms in total. The third-order valence-corrected chi connectivity index (χ3v) is 4.79. The minimum Gasteiger partial charge on any atom is -0.483 e. The maximum Gasteiger partial charge on any atom is 0.290 e. The molecule has 0 fully saturated rings. The molecule has 0 aromatic carbocycles. The lowest BCUT2D eigenvalue weighted by atomic mass is 10.1. The van der Waals surface area contributed by atoms with Crippen molar-refractivity contribution >= 4 is 23.8 Å². The van der Waals surface area contributed by atoms with Crippen molar-refractivity contribution in [3.05, 3.63) is 59.1 Å². The first-order valence-corrected chi connectivity index (χ1v) is 9.38. The average molecular weight is 409 g/mol. The highest BCUT2D eigenvalue weighted by molar-refractivity contribution is 5.76. The van der Waals surface area contributed by atoms with E-state index >= 15 is 0 Å². The van der Waals surface area contributed by atoms with Gasteiger partial charge in [0.15, 0.2) is 0 Å². The van der Waals surface area contributed by atoms with E-state index in [1.165, 1.54) is 6.33 Å². The number of aromatic nitrogens is 6. The van der Waals surface area contributed by atoms with E-state index in [1.54, 1.807) is 4.52 Å². The number of aryl methyl sites for hydroxylation is 3. The topological polar surface area (TPSA) is 127 Å². The van der Waals surface area contributed by atoms with E-state index in [4.69, 9.17) is 9.90 Å². The number of rotatable bonds is 5. The number of imidazole rings is 1. The summed E-state index contributed by atoms with van der Waals surface area (Å²) in [6, 6.07) is 4.01. The molecule has 4 heterocycles. The number of carboxylic acid groups (broad SMARTS) is 1. The first kappa shape index (κ1) is 20.9. The molecule has 0 saturated heterocycles. The second-order valence-electron chi connectivity index (χ2n) is 6.77. The van der Waals surface area contributed by atoms with Crippen LogP contribution in [0.3, 0.4) is 0 Å². The molecular weight excluding hydrogens is 386 g/mol. The number of hydrogen-bond donors (Lipinski definition) is 2. The summed E-state index contributed by atoms with van der Waals surface area (Å²) in [7, 11) is 0. The Morgan fingerprint density at radius 2 is 2.03 bits per heavy atom. The second-order valence-corrected chi connectivity index (χ2v) is 6.77. The van der Waals surface area contributed by atoms with Gasteiger partial charge in [0.25, 0.3) is 12.2 Å². The molecule has 0 unspecified atom stereocenters. The number of nitrogens with zero attached hydrogens (tertiary/aromatic N) is 6. The lowest BCUT2D eigenvalue weighted by molar-refractivity contribution is -0.123. The predicted molar refractivity (Wildman–Crippen MR) is 109 cm³/mol. The Bertz CT molecular complexity index is 1200. The van der Waals surface area contributed by atoms with E-state index in [0.29, 0.717) is 25.2 Å². The predicted octanol–water partition coefficient (Wildman–Crippen LogP) is 1.65. The van der Waals surface area contributed by atoms with E-state index in [1.807, 2.05) is 49.7 Å². The van der Waals surface area contributed by atoms with Crippen LogP contribution < -0.4 is 5.32 Å². The van der Waals surface area contributed by atoms with Crippen molar-refractivity contribution in [2.24, 2.45) is 0 Å². The fraction of sp³-hybridized carbons (Fsp3) is 0.300. The van der Waals surface area contributed by atoms with Gasteiger partial charge in [-0.25, -0.2) is 14.5 Å². The highest BCUT2D eigenvalue weighted by Gasteiger charge is 2.13. The summed E-state index contributed by atoms with van der Waals surface area (Å²) < 4.78 is 3.68. The summed E-state index contributed by atoms with van der Waals surface area (Å²) in [6.45, 7) is 6.10. The van der Waals surface area contributed by atoms with Crippen molar-refractivity contribution in [1.82, 2.24) is 34.3 Å². The molecule has 0 bridgehead atoms. The van der Waals surface area contributed by atoms with E-state index in [0.717, 1.165) is 33.9 Å². The Balaban J connectivity index is 0.000000806. The highest BCUT2D eigenvalue weighted by Crippen LogP contribution is 2.15. The van der Waals surface area contributed by atoms with E-state index in [9.17, 15) is 4.79 Å². The van der Waals surface area contributed by atoms with Crippen molar-refractivity contribution in [3.63, 3.8) is 0 Å². The molecule has 2 N–H and O–H groups in total. The van der Waals surface area contributed by atoms with Crippen LogP contribution in [-0.2, 0) is 22.6 Å². The molecule has 0 atom stereocenters. The Labute approximate surface area is 172 Å². The molecule has 0 aliphatic heterocycles. The minimum absolute atomic E-state index is 0.0127. The Kier molecular flexibility index (Phi) is 6.35. The van der Waals surface area contributed by atoms with Crippen LogP contribution in [0.2, 0.25) is 0 Å². The summed E-state index contributed by atoms with van der Waals surface area (Å²) in [5.41, 5.74) is 5.76. The summed E-state index contributed by atoms with van der Waals surface area (Å²) in [5, 5.41) is 14.0. The van der Waals surface area contributed by atoms with E-state index in [-0.39, 0.29) is 12.4 Å². The zero-order chi connectivity index (χ0) is 21.7. The third kappa shape index (κ3) is 4.43. The van der Waals surface area contributed by atoms with Crippen molar-refractivity contribution in [1.29, 1.82) is 0 Å². The first-order valence-electron chi connectivity index (χ1n) is 9.38. The van der Waals surface area contributed by atoms with E-state index in [2.05, 4.69) is 25.4 Å². The lowest BCUT2D eigenvalue weighted by Gasteiger charge is -2.10. The summed E-state index contributed by atoms with van der Waals surface area (Å²) >= 11 is 0. The van der Waals surface area contributed by atoms with E-state index < -0.39 is 0 Å². The van der Waals surface area contributed by atoms with Gasteiger partial charge in [0.2, 0.25) is 5.91 Å². The van der Waals surface area contributed by atoms with Crippen LogP contribution >= 0.6 is 0 Å². The van der Waals surface area contributed by atoms with Crippen LogP contribution in [-0.4, -0.2) is 46.5 Å². The van der Waals surface area contributed by atoms with Gasteiger partial charge in [-0.15, -0.1) is 0 Å². The number of pyridine rings is 1. The van der Waals surface area contributed by atoms with Crippen molar-refractivity contribution in [2.45, 2.75) is 40.2 Å². The summed E-state index contributed by atoms with van der Waals surface area (Å²) in [6.07, 6.45) is 6.38. The number of carbonyl (C=O) groups excluding carboxylic acids is 1. The summed E-state index contributed by atoms with van der Waals surface area (Å²) in [5.74, 6) is 0.571. The Morgan fingerprint density at radius 3 is 2.77 bits per heavy atom. The molecule has 4 rings (SSSR count). The first-order chi connectivity index (χ1) is 14.4. The van der Waals surface area contributed by atoms with Crippen molar-refractivity contribution < 1.29 is 14.7 Å². The summed E-state index contributed by atoms with van der Waals surface area (Å²) in [4.78, 5) is 33.8. The zero-order valence-electron chi connectivity index (χ0n) is 17.0. The monoisotopic (exact) mass is 409 g/mol. The molecule has 0 aliphatic rings. The van der Waals surface area contributed by atoms with Crippen LogP contribution in [0.15, 0.2) is 30.9 Å². The van der Waals surface area contributed by atoms with Gasteiger partial charge in [0, 0.05) is 30.2 Å². The highest BCUT2D eigenvalue weighted by atomic mass is 16.3. The molecule has 0 spiro atoms. The molecule has 0 aliphatic carbocycles. The molecule has 0 radical (unpaired) electrons. The quantitative estimate of drug-likeness (QED) is 0.480. The maximum atomic E-state index is 12.3. The zero-order valence-corrected chi connectivity index (χ0v) is 17.0. The maximum absolute atomic E-state index is 12.3. The van der Waals surface area contributed by atoms with Crippen LogP contribution in [0, 0.1) is 20.8 Å². The minimum atomic E-state index is -0.250. The van der Waals surface area contributed by atoms with Gasteiger partial charge in [0.1, 0.15) is 12.0 Å². The standard InChI is InChI=1S/C19H21N7O.CH2O2/c1-12-5-4-8-25-10-15(24-18(12)25)9-20-17(27)7-6-16-13(2)23-19-21-11-22-26(19)14(16)3;2-1-3/h4-5,8,10-11H,6-7,9H2,1-3H3,(H,20,27);1H,(H,2,3). The number of hydrogen-bond acceptors (Lipinski definition) is 6. The molecule has 10 heteroatoms. The van der Waals surface area contributed by atoms with Crippen LogP contribution in [0.4, 0.5) is 0 Å². The number of carbonyl (C=O) groups is 2. The number of amides is 1. The van der Waals surface area contributed by atoms with Gasteiger partial charge in [-0.05, 0) is 44.4 Å². The van der Waals surface area contributed by atoms with Gasteiger partial charge < -0.3 is 14.8 Å². The molecule has 156 valence electrons. The molecule has 1 amide bonds. The molecule has 0 saturated carbocycles. The fourth-order valence-corrected chi connectivity index (χ4v) is 3.32. The largest absolute Gasteiger partial charge is 0.483 e. The normalized spacial score (nSPS) is 10.6. The van der Waals surface area contributed by atoms with Crippen molar-refractivity contribution in [3.8, 4) is 0 Å². The molecule has 4 aromatic rings. The van der Waals surface area contributed by atoms with Crippen LogP contribution in [0.1, 0.15) is 34.6 Å². The average Bonchev–Trinajstić information content (AvgIpc) is 3.34. The third-order valence-electron chi connectivity index (χ3n) is 4.79. The van der Waals surface area contributed by atoms with Crippen LogP contribution in [0.5, 0.6) is 0 Å². The van der Waals surface area contributed by atoms with Gasteiger partial charge >= 0.3 is 0 Å². The molecular formula is C20H23N7O3. The van der Waals surface area contributed by atoms with Crippen molar-refractivity contribution in [2.75, 3.05) is 0 Å². The number of nitrogens with one attached hydrogen (secondary N) is 1. The van der Waals surface area contributed by atoms with Crippen LogP contribution in [0.25, 0.3) is 11.4 Å². The molecule has 4 aromatic heterocycles. The fourth-order valence-electron chi connectivity index (χ4n) is 3.32. The van der Waals surface area contributed by atoms with Gasteiger partial charge in [-0.1, -0.05) is 6.07 Å². The molecule has 30 heavy (non-hydrogen) atoms. The van der Waals surface area contributed by atoms with Gasteiger partial charge in [-0.3, -0.25) is 9.59 Å². The SMILES string of the molecule is Cc1nc2ncnn2c(C)c1CCC(=O)NCc1cn2cccc(C)c2n1.O=CO. The van der Waals surface area contributed by atoms with Gasteiger partial charge in [0.05, 0.1) is 12.2 Å². The van der Waals surface area contributed by atoms with Gasteiger partial charge in [-0.2, -0.15) is 10.1 Å². The number of fused-ring (bicyclic) bond motifs is 2.